The van der Waals surface area contributed by atoms with Crippen LogP contribution in [0.5, 0.6) is 0 Å². The average molecular weight is 256 g/mol. The lowest BCUT2D eigenvalue weighted by atomic mass is 10.2. The molecule has 2 aromatic heterocycles. The Morgan fingerprint density at radius 1 is 1.50 bits per heavy atom. The van der Waals surface area contributed by atoms with Gasteiger partial charge in [-0.3, -0.25) is 4.68 Å². The predicted molar refractivity (Wildman–Crippen MR) is 68.0 cm³/mol. The largest absolute Gasteiger partial charge is 0.250 e. The molecule has 5 heteroatoms. The molecule has 16 heavy (non-hydrogen) atoms. The number of halogens is 2. The first-order chi connectivity index (χ1) is 7.63. The molecule has 84 valence electrons. The molecule has 0 spiro atoms. The summed E-state index contributed by atoms with van der Waals surface area (Å²) in [5.41, 5.74) is 2.61. The Bertz CT molecular complexity index is 558. The van der Waals surface area contributed by atoms with Crippen LogP contribution in [-0.4, -0.2) is 20.6 Å². The molecular formula is C11H11Cl2N3. The highest BCUT2D eigenvalue weighted by Crippen LogP contribution is 2.23. The van der Waals surface area contributed by atoms with Crippen molar-refractivity contribution in [3.63, 3.8) is 0 Å². The highest BCUT2D eigenvalue weighted by Gasteiger charge is 2.09. The number of rotatable bonds is 2. The second kappa shape index (κ2) is 4.44. The third-order valence-electron chi connectivity index (χ3n) is 2.37. The number of alkyl halides is 1. The minimum absolute atomic E-state index is 0.459. The molecule has 0 aliphatic carbocycles. The molecule has 0 aliphatic rings. The minimum atomic E-state index is 0.459. The van der Waals surface area contributed by atoms with Gasteiger partial charge in [-0.25, -0.2) is 4.98 Å². The molecular weight excluding hydrogens is 245 g/mol. The van der Waals surface area contributed by atoms with E-state index in [9.17, 15) is 0 Å². The summed E-state index contributed by atoms with van der Waals surface area (Å²) >= 11 is 11.7. The van der Waals surface area contributed by atoms with E-state index in [0.717, 1.165) is 22.3 Å². The number of hydrogen-bond acceptors (Lipinski definition) is 2. The monoisotopic (exact) mass is 255 g/mol. The van der Waals surface area contributed by atoms with E-state index in [1.54, 1.807) is 4.68 Å². The third kappa shape index (κ3) is 1.93. The number of nitrogens with zero attached hydrogens (tertiary/aromatic N) is 3. The average Bonchev–Trinajstić information content (AvgIpc) is 2.51. The van der Waals surface area contributed by atoms with Gasteiger partial charge in [0.05, 0.1) is 5.69 Å². The van der Waals surface area contributed by atoms with Gasteiger partial charge in [-0.2, -0.15) is 5.10 Å². The van der Waals surface area contributed by atoms with Crippen LogP contribution in [0.2, 0.25) is 5.15 Å². The fraction of sp³-hybridized carbons (Fsp3) is 0.273. The van der Waals surface area contributed by atoms with E-state index in [0.29, 0.717) is 11.0 Å². The first kappa shape index (κ1) is 11.4. The van der Waals surface area contributed by atoms with Crippen LogP contribution in [0.4, 0.5) is 0 Å². The van der Waals surface area contributed by atoms with Crippen molar-refractivity contribution in [2.24, 2.45) is 7.05 Å². The van der Waals surface area contributed by atoms with Gasteiger partial charge in [-0.1, -0.05) is 23.8 Å². The minimum Gasteiger partial charge on any atom is -0.250 e. The lowest BCUT2D eigenvalue weighted by Gasteiger charge is -1.99. The molecule has 0 aliphatic heterocycles. The molecule has 0 unspecified atom stereocenters. The molecule has 0 N–H and O–H groups in total. The summed E-state index contributed by atoms with van der Waals surface area (Å²) in [6, 6.07) is 1.98. The van der Waals surface area contributed by atoms with E-state index >= 15 is 0 Å². The molecule has 2 aromatic rings. The predicted octanol–water partition coefficient (Wildman–Crippen LogP) is 3.18. The first-order valence-corrected chi connectivity index (χ1v) is 5.77. The van der Waals surface area contributed by atoms with Gasteiger partial charge < -0.3 is 0 Å². The Labute approximate surface area is 104 Å². The van der Waals surface area contributed by atoms with Gasteiger partial charge in [0.1, 0.15) is 5.15 Å². The summed E-state index contributed by atoms with van der Waals surface area (Å²) in [6.45, 7) is 1.95. The normalized spacial score (nSPS) is 11.8. The topological polar surface area (TPSA) is 30.7 Å². The molecule has 0 saturated heterocycles. The smallest absolute Gasteiger partial charge is 0.159 e. The maximum Gasteiger partial charge on any atom is 0.159 e. The summed E-state index contributed by atoms with van der Waals surface area (Å²) in [4.78, 5) is 4.32. The van der Waals surface area contributed by atoms with Crippen LogP contribution in [0.3, 0.4) is 0 Å². The van der Waals surface area contributed by atoms with Crippen molar-refractivity contribution in [3.05, 3.63) is 28.6 Å². The van der Waals surface area contributed by atoms with Crippen LogP contribution in [0.25, 0.3) is 17.1 Å². The van der Waals surface area contributed by atoms with E-state index < -0.39 is 0 Å². The molecule has 0 fully saturated rings. The summed E-state index contributed by atoms with van der Waals surface area (Å²) in [5.74, 6) is 0.459. The standard InChI is InChI=1S/C11H11Cl2N3/c1-7-9-6-8(4-3-5-12)10(13)14-11(9)16(2)15-7/h3-4,6H,5H2,1-2H3. The fourth-order valence-electron chi connectivity index (χ4n) is 1.62. The van der Waals surface area contributed by atoms with Crippen LogP contribution in [0.15, 0.2) is 12.1 Å². The molecule has 2 rings (SSSR count). The Kier molecular flexibility index (Phi) is 3.17. The van der Waals surface area contributed by atoms with Gasteiger partial charge in [0.25, 0.3) is 0 Å². The van der Waals surface area contributed by atoms with E-state index in [1.165, 1.54) is 0 Å². The zero-order valence-corrected chi connectivity index (χ0v) is 10.5. The van der Waals surface area contributed by atoms with Gasteiger partial charge in [-0.15, -0.1) is 11.6 Å². The van der Waals surface area contributed by atoms with Crippen LogP contribution in [0, 0.1) is 6.92 Å². The van der Waals surface area contributed by atoms with Crippen molar-refractivity contribution < 1.29 is 0 Å². The summed E-state index contributed by atoms with van der Waals surface area (Å²) in [6.07, 6.45) is 3.70. The molecule has 2 heterocycles. The zero-order valence-electron chi connectivity index (χ0n) is 9.04. The SMILES string of the molecule is Cc1nn(C)c2nc(Cl)c(C=CCCl)cc12. The number of hydrogen-bond donors (Lipinski definition) is 0. The van der Waals surface area contributed by atoms with E-state index in [2.05, 4.69) is 10.1 Å². The molecule has 3 nitrogen and oxygen atoms in total. The highest BCUT2D eigenvalue weighted by molar-refractivity contribution is 6.31. The Morgan fingerprint density at radius 3 is 2.94 bits per heavy atom. The third-order valence-corrected chi connectivity index (χ3v) is 2.85. The van der Waals surface area contributed by atoms with Crippen molar-refractivity contribution in [1.29, 1.82) is 0 Å². The lowest BCUT2D eigenvalue weighted by Crippen LogP contribution is -1.92. The van der Waals surface area contributed by atoms with Crippen LogP contribution in [0.1, 0.15) is 11.3 Å². The number of allylic oxidation sites excluding steroid dienone is 1. The zero-order chi connectivity index (χ0) is 11.7. The van der Waals surface area contributed by atoms with Crippen molar-refractivity contribution in [3.8, 4) is 0 Å². The quantitative estimate of drug-likeness (QED) is 0.610. The Balaban J connectivity index is 2.65. The van der Waals surface area contributed by atoms with Gasteiger partial charge in [-0.05, 0) is 13.0 Å². The molecule has 0 radical (unpaired) electrons. The van der Waals surface area contributed by atoms with Gasteiger partial charge >= 0.3 is 0 Å². The number of aryl methyl sites for hydroxylation is 2. The van der Waals surface area contributed by atoms with E-state index in [4.69, 9.17) is 23.2 Å². The summed E-state index contributed by atoms with van der Waals surface area (Å²) in [7, 11) is 1.85. The van der Waals surface area contributed by atoms with Gasteiger partial charge in [0.15, 0.2) is 5.65 Å². The molecule has 0 aromatic carbocycles. The van der Waals surface area contributed by atoms with Crippen molar-refractivity contribution >= 4 is 40.3 Å². The van der Waals surface area contributed by atoms with E-state index in [1.807, 2.05) is 32.2 Å². The Hall–Kier alpha value is -1.06. The molecule has 0 amide bonds. The fourth-order valence-corrected chi connectivity index (χ4v) is 1.91. The van der Waals surface area contributed by atoms with Crippen LogP contribution < -0.4 is 0 Å². The van der Waals surface area contributed by atoms with Gasteiger partial charge in [0, 0.05) is 23.9 Å². The summed E-state index contributed by atoms with van der Waals surface area (Å²) in [5, 5.41) is 5.78. The van der Waals surface area contributed by atoms with Crippen LogP contribution >= 0.6 is 23.2 Å². The second-order valence-corrected chi connectivity index (χ2v) is 4.17. The number of fused-ring (bicyclic) bond motifs is 1. The number of aromatic nitrogens is 3. The Morgan fingerprint density at radius 2 is 2.25 bits per heavy atom. The van der Waals surface area contributed by atoms with E-state index in [-0.39, 0.29) is 0 Å². The molecule has 0 saturated carbocycles. The van der Waals surface area contributed by atoms with Crippen LogP contribution in [-0.2, 0) is 7.05 Å². The van der Waals surface area contributed by atoms with Gasteiger partial charge in [0.2, 0.25) is 0 Å². The van der Waals surface area contributed by atoms with Crippen molar-refractivity contribution in [1.82, 2.24) is 14.8 Å². The maximum atomic E-state index is 6.07. The lowest BCUT2D eigenvalue weighted by molar-refractivity contribution is 0.774. The first-order valence-electron chi connectivity index (χ1n) is 4.86. The van der Waals surface area contributed by atoms with Crippen molar-refractivity contribution in [2.45, 2.75) is 6.92 Å². The molecule has 0 atom stereocenters. The van der Waals surface area contributed by atoms with Crippen molar-refractivity contribution in [2.75, 3.05) is 5.88 Å². The summed E-state index contributed by atoms with van der Waals surface area (Å²) < 4.78 is 1.73. The maximum absolute atomic E-state index is 6.07. The number of pyridine rings is 1. The highest BCUT2D eigenvalue weighted by atomic mass is 35.5. The molecule has 0 bridgehead atoms. The second-order valence-electron chi connectivity index (χ2n) is 3.51.